The molecule has 3 aromatic rings. The molecule has 1 aromatic carbocycles. The van der Waals surface area contributed by atoms with E-state index in [1.54, 1.807) is 18.5 Å². The molecule has 0 fully saturated rings. The SMILES string of the molecule is CCN(CC)CCNc1ccc2c3c(nn2CCN(C)C)-c2cnccc2C(=O)c13. The molecule has 1 N–H and O–H groups in total. The third-order valence-corrected chi connectivity index (χ3v) is 5.86. The van der Waals surface area contributed by atoms with E-state index >= 15 is 0 Å². The highest BCUT2D eigenvalue weighted by molar-refractivity contribution is 6.27. The van der Waals surface area contributed by atoms with Gasteiger partial charge in [-0.05, 0) is 45.4 Å². The second-order valence-corrected chi connectivity index (χ2v) is 7.96. The molecule has 0 saturated heterocycles. The largest absolute Gasteiger partial charge is 0.383 e. The van der Waals surface area contributed by atoms with E-state index in [-0.39, 0.29) is 5.78 Å². The van der Waals surface area contributed by atoms with Crippen molar-refractivity contribution in [3.63, 3.8) is 0 Å². The average molecular weight is 407 g/mol. The number of benzene rings is 1. The fraction of sp³-hybridized carbons (Fsp3) is 0.435. The Hall–Kier alpha value is -2.77. The van der Waals surface area contributed by atoms with Crippen LogP contribution in [0, 0.1) is 0 Å². The highest BCUT2D eigenvalue weighted by atomic mass is 16.1. The lowest BCUT2D eigenvalue weighted by molar-refractivity contribution is 0.104. The maximum absolute atomic E-state index is 13.5. The molecular formula is C23H30N6O. The lowest BCUT2D eigenvalue weighted by Gasteiger charge is -2.21. The van der Waals surface area contributed by atoms with E-state index in [2.05, 4.69) is 54.1 Å². The van der Waals surface area contributed by atoms with Crippen LogP contribution in [0.2, 0.25) is 0 Å². The minimum Gasteiger partial charge on any atom is -0.383 e. The molecule has 30 heavy (non-hydrogen) atoms. The number of hydrogen-bond acceptors (Lipinski definition) is 6. The number of carbonyl (C=O) groups is 1. The van der Waals surface area contributed by atoms with E-state index < -0.39 is 0 Å². The molecule has 2 aromatic heterocycles. The first-order valence-corrected chi connectivity index (χ1v) is 10.7. The summed E-state index contributed by atoms with van der Waals surface area (Å²) in [4.78, 5) is 22.2. The lowest BCUT2D eigenvalue weighted by atomic mass is 9.87. The van der Waals surface area contributed by atoms with Crippen LogP contribution in [0.4, 0.5) is 5.69 Å². The van der Waals surface area contributed by atoms with Crippen molar-refractivity contribution in [2.24, 2.45) is 0 Å². The number of anilines is 1. The predicted octanol–water partition coefficient (Wildman–Crippen LogP) is 2.96. The quantitative estimate of drug-likeness (QED) is 0.461. The van der Waals surface area contributed by atoms with Gasteiger partial charge >= 0.3 is 0 Å². The summed E-state index contributed by atoms with van der Waals surface area (Å²) in [6.07, 6.45) is 3.44. The molecule has 0 aliphatic heterocycles. The van der Waals surface area contributed by atoms with Gasteiger partial charge in [-0.2, -0.15) is 5.10 Å². The maximum Gasteiger partial charge on any atom is 0.196 e. The Morgan fingerprint density at radius 2 is 1.87 bits per heavy atom. The summed E-state index contributed by atoms with van der Waals surface area (Å²) in [6, 6.07) is 5.92. The number of likely N-dealkylation sites (N-methyl/N-ethyl adjacent to an activating group) is 2. The number of rotatable bonds is 9. The second-order valence-electron chi connectivity index (χ2n) is 7.96. The number of hydrogen-bond donors (Lipinski definition) is 1. The normalized spacial score (nSPS) is 12.8. The van der Waals surface area contributed by atoms with E-state index in [0.29, 0.717) is 5.56 Å². The molecule has 2 heterocycles. The topological polar surface area (TPSA) is 66.3 Å². The number of ketones is 1. The first-order valence-electron chi connectivity index (χ1n) is 10.7. The summed E-state index contributed by atoms with van der Waals surface area (Å²) in [7, 11) is 4.10. The van der Waals surface area contributed by atoms with Crippen molar-refractivity contribution in [2.75, 3.05) is 52.1 Å². The third kappa shape index (κ3) is 3.59. The fourth-order valence-corrected chi connectivity index (χ4v) is 4.11. The smallest absolute Gasteiger partial charge is 0.196 e. The molecule has 0 atom stereocenters. The molecule has 0 saturated carbocycles. The third-order valence-electron chi connectivity index (χ3n) is 5.86. The second kappa shape index (κ2) is 8.53. The molecule has 0 radical (unpaired) electrons. The number of carbonyl (C=O) groups excluding carboxylic acids is 1. The number of nitrogens with one attached hydrogen (secondary N) is 1. The van der Waals surface area contributed by atoms with E-state index in [9.17, 15) is 4.79 Å². The first kappa shape index (κ1) is 20.5. The van der Waals surface area contributed by atoms with Crippen molar-refractivity contribution < 1.29 is 4.79 Å². The summed E-state index contributed by atoms with van der Waals surface area (Å²) < 4.78 is 2.02. The summed E-state index contributed by atoms with van der Waals surface area (Å²) >= 11 is 0. The molecule has 1 aliphatic rings. The Morgan fingerprint density at radius 3 is 2.60 bits per heavy atom. The number of nitrogens with zero attached hydrogens (tertiary/aromatic N) is 5. The molecule has 0 amide bonds. The van der Waals surface area contributed by atoms with Crippen LogP contribution in [0.1, 0.15) is 29.8 Å². The van der Waals surface area contributed by atoms with E-state index in [4.69, 9.17) is 5.10 Å². The van der Waals surface area contributed by atoms with Crippen LogP contribution < -0.4 is 5.32 Å². The van der Waals surface area contributed by atoms with Crippen molar-refractivity contribution in [3.8, 4) is 11.3 Å². The summed E-state index contributed by atoms with van der Waals surface area (Å²) in [5.74, 6) is 0.0444. The van der Waals surface area contributed by atoms with Crippen LogP contribution in [0.15, 0.2) is 30.6 Å². The van der Waals surface area contributed by atoms with Gasteiger partial charge in [-0.1, -0.05) is 13.8 Å². The fourth-order valence-electron chi connectivity index (χ4n) is 4.11. The highest BCUT2D eigenvalue weighted by Crippen LogP contribution is 2.41. The predicted molar refractivity (Wildman–Crippen MR) is 121 cm³/mol. The van der Waals surface area contributed by atoms with Gasteiger partial charge in [0.15, 0.2) is 5.78 Å². The Labute approximate surface area is 177 Å². The standard InChI is InChI=1S/C23H30N6O/c1-5-28(6-2)12-11-25-18-7-8-19-21-20(18)23(30)16-9-10-24-15-17(16)22(21)26-29(19)14-13-27(3)4/h7-10,15,25H,5-6,11-14H2,1-4H3. The minimum absolute atomic E-state index is 0.0444. The summed E-state index contributed by atoms with van der Waals surface area (Å²) in [5, 5.41) is 9.36. The number of aromatic nitrogens is 3. The van der Waals surface area contributed by atoms with Gasteiger partial charge in [0.2, 0.25) is 0 Å². The minimum atomic E-state index is 0.0444. The molecule has 0 unspecified atom stereocenters. The number of fused-ring (bicyclic) bond motifs is 2. The van der Waals surface area contributed by atoms with Crippen molar-refractivity contribution >= 4 is 22.4 Å². The summed E-state index contributed by atoms with van der Waals surface area (Å²) in [6.45, 7) is 9.75. The zero-order valence-corrected chi connectivity index (χ0v) is 18.3. The molecule has 4 rings (SSSR count). The van der Waals surface area contributed by atoms with E-state index in [1.165, 1.54) is 0 Å². The van der Waals surface area contributed by atoms with Crippen LogP contribution in [0.5, 0.6) is 0 Å². The molecule has 0 bridgehead atoms. The molecule has 7 heteroatoms. The van der Waals surface area contributed by atoms with Crippen LogP contribution in [-0.2, 0) is 6.54 Å². The Balaban J connectivity index is 1.78. The van der Waals surface area contributed by atoms with Gasteiger partial charge in [0.05, 0.1) is 17.6 Å². The van der Waals surface area contributed by atoms with Crippen LogP contribution in [0.25, 0.3) is 22.2 Å². The van der Waals surface area contributed by atoms with Gasteiger partial charge in [0, 0.05) is 54.2 Å². The average Bonchev–Trinajstić information content (AvgIpc) is 3.13. The molecule has 158 valence electrons. The van der Waals surface area contributed by atoms with Gasteiger partial charge in [-0.15, -0.1) is 0 Å². The van der Waals surface area contributed by atoms with Crippen LogP contribution >= 0.6 is 0 Å². The van der Waals surface area contributed by atoms with Crippen LogP contribution in [-0.4, -0.2) is 77.2 Å². The molecule has 1 aliphatic carbocycles. The van der Waals surface area contributed by atoms with Gasteiger partial charge in [-0.25, -0.2) is 0 Å². The van der Waals surface area contributed by atoms with Crippen molar-refractivity contribution in [1.82, 2.24) is 24.6 Å². The zero-order chi connectivity index (χ0) is 21.3. The molecule has 0 spiro atoms. The van der Waals surface area contributed by atoms with E-state index in [0.717, 1.165) is 72.7 Å². The Morgan fingerprint density at radius 1 is 1.07 bits per heavy atom. The van der Waals surface area contributed by atoms with Crippen LogP contribution in [0.3, 0.4) is 0 Å². The maximum atomic E-state index is 13.5. The Kier molecular flexibility index (Phi) is 5.83. The zero-order valence-electron chi connectivity index (χ0n) is 18.3. The number of pyridine rings is 1. The van der Waals surface area contributed by atoms with Gasteiger partial charge in [0.25, 0.3) is 0 Å². The van der Waals surface area contributed by atoms with Crippen molar-refractivity contribution in [1.29, 1.82) is 0 Å². The van der Waals surface area contributed by atoms with Gasteiger partial charge in [-0.3, -0.25) is 14.5 Å². The van der Waals surface area contributed by atoms with Gasteiger partial charge in [0.1, 0.15) is 5.69 Å². The van der Waals surface area contributed by atoms with Gasteiger partial charge < -0.3 is 15.1 Å². The van der Waals surface area contributed by atoms with E-state index in [1.807, 2.05) is 10.7 Å². The Bertz CT molecular complexity index is 1070. The molecular weight excluding hydrogens is 376 g/mol. The highest BCUT2D eigenvalue weighted by Gasteiger charge is 2.31. The lowest BCUT2D eigenvalue weighted by Crippen LogP contribution is -2.29. The summed E-state index contributed by atoms with van der Waals surface area (Å²) in [5.41, 5.74) is 4.97. The first-order chi connectivity index (χ1) is 14.5. The monoisotopic (exact) mass is 406 g/mol. The molecule has 7 nitrogen and oxygen atoms in total. The van der Waals surface area contributed by atoms with Crippen molar-refractivity contribution in [2.45, 2.75) is 20.4 Å². The van der Waals surface area contributed by atoms with Crippen molar-refractivity contribution in [3.05, 3.63) is 41.7 Å².